The SMILES string of the molecule is CN(C)c1ccc(CNc2ccc(C(=O)c3ccccc3C(=O)O)cc2)cc1. The second-order valence-electron chi connectivity index (χ2n) is 6.67. The van der Waals surface area contributed by atoms with Crippen molar-refractivity contribution in [1.29, 1.82) is 0 Å². The molecule has 0 bridgehead atoms. The molecule has 0 saturated carbocycles. The molecule has 2 N–H and O–H groups in total. The smallest absolute Gasteiger partial charge is 0.336 e. The van der Waals surface area contributed by atoms with Crippen molar-refractivity contribution < 1.29 is 14.7 Å². The monoisotopic (exact) mass is 374 g/mol. The van der Waals surface area contributed by atoms with Gasteiger partial charge in [-0.1, -0.05) is 30.3 Å². The Bertz CT molecular complexity index is 977. The molecule has 142 valence electrons. The van der Waals surface area contributed by atoms with Gasteiger partial charge in [-0.2, -0.15) is 0 Å². The maximum atomic E-state index is 12.7. The van der Waals surface area contributed by atoms with E-state index < -0.39 is 5.97 Å². The Morgan fingerprint density at radius 3 is 2.04 bits per heavy atom. The molecule has 0 fully saturated rings. The third-order valence-electron chi connectivity index (χ3n) is 4.50. The summed E-state index contributed by atoms with van der Waals surface area (Å²) in [6.45, 7) is 0.669. The van der Waals surface area contributed by atoms with Gasteiger partial charge in [0.2, 0.25) is 0 Å². The average molecular weight is 374 g/mol. The summed E-state index contributed by atoms with van der Waals surface area (Å²) in [7, 11) is 4.01. The lowest BCUT2D eigenvalue weighted by atomic mass is 9.98. The first kappa shape index (κ1) is 19.2. The van der Waals surface area contributed by atoms with Crippen LogP contribution >= 0.6 is 0 Å². The third kappa shape index (κ3) is 4.38. The van der Waals surface area contributed by atoms with Gasteiger partial charge in [-0.15, -0.1) is 0 Å². The molecule has 0 aromatic heterocycles. The number of nitrogens with zero attached hydrogens (tertiary/aromatic N) is 1. The number of hydrogen-bond acceptors (Lipinski definition) is 4. The van der Waals surface area contributed by atoms with Gasteiger partial charge >= 0.3 is 5.97 Å². The number of anilines is 2. The molecule has 0 spiro atoms. The quantitative estimate of drug-likeness (QED) is 0.604. The number of aromatic carboxylic acids is 1. The van der Waals surface area contributed by atoms with Gasteiger partial charge in [0, 0.05) is 43.1 Å². The Hall–Kier alpha value is -3.60. The number of carboxylic acids is 1. The van der Waals surface area contributed by atoms with Crippen LogP contribution in [0.1, 0.15) is 31.8 Å². The second kappa shape index (κ2) is 8.39. The molecule has 3 aromatic rings. The molecule has 0 amide bonds. The van der Waals surface area contributed by atoms with Gasteiger partial charge in [0.25, 0.3) is 0 Å². The minimum absolute atomic E-state index is 0.0101. The van der Waals surface area contributed by atoms with E-state index in [-0.39, 0.29) is 16.9 Å². The topological polar surface area (TPSA) is 69.6 Å². The van der Waals surface area contributed by atoms with Gasteiger partial charge in [-0.05, 0) is 48.0 Å². The molecular weight excluding hydrogens is 352 g/mol. The van der Waals surface area contributed by atoms with Crippen molar-refractivity contribution in [3.8, 4) is 0 Å². The van der Waals surface area contributed by atoms with E-state index >= 15 is 0 Å². The van der Waals surface area contributed by atoms with Crippen LogP contribution in [0, 0.1) is 0 Å². The molecule has 5 heteroatoms. The number of nitrogens with one attached hydrogen (secondary N) is 1. The van der Waals surface area contributed by atoms with E-state index in [0.717, 1.165) is 16.9 Å². The molecule has 0 atom stereocenters. The zero-order chi connectivity index (χ0) is 20.1. The standard InChI is InChI=1S/C23H22N2O3/c1-25(2)19-13-7-16(8-14-19)15-24-18-11-9-17(10-12-18)22(26)20-5-3-4-6-21(20)23(27)28/h3-14,24H,15H2,1-2H3,(H,27,28). The summed E-state index contributed by atoms with van der Waals surface area (Å²) in [5.74, 6) is -1.41. The van der Waals surface area contributed by atoms with Crippen LogP contribution in [0.15, 0.2) is 72.8 Å². The molecule has 3 aromatic carbocycles. The lowest BCUT2D eigenvalue weighted by molar-refractivity contribution is 0.0693. The summed E-state index contributed by atoms with van der Waals surface area (Å²) in [6, 6.07) is 21.6. The number of carbonyl (C=O) groups is 2. The van der Waals surface area contributed by atoms with E-state index in [9.17, 15) is 14.7 Å². The highest BCUT2D eigenvalue weighted by Gasteiger charge is 2.17. The molecule has 0 aliphatic heterocycles. The van der Waals surface area contributed by atoms with Crippen LogP contribution in [0.2, 0.25) is 0 Å². The number of carboxylic acid groups (broad SMARTS) is 1. The lowest BCUT2D eigenvalue weighted by Crippen LogP contribution is -2.09. The number of benzene rings is 3. The third-order valence-corrected chi connectivity index (χ3v) is 4.50. The molecule has 0 radical (unpaired) electrons. The Morgan fingerprint density at radius 1 is 0.857 bits per heavy atom. The zero-order valence-electron chi connectivity index (χ0n) is 15.8. The van der Waals surface area contributed by atoms with Crippen LogP contribution in [0.25, 0.3) is 0 Å². The molecule has 5 nitrogen and oxygen atoms in total. The predicted molar refractivity (Wildman–Crippen MR) is 111 cm³/mol. The Kier molecular flexibility index (Phi) is 5.75. The Labute approximate surface area is 164 Å². The van der Waals surface area contributed by atoms with Gasteiger partial charge in [0.1, 0.15) is 0 Å². The van der Waals surface area contributed by atoms with E-state index in [1.165, 1.54) is 12.1 Å². The fourth-order valence-electron chi connectivity index (χ4n) is 2.88. The molecule has 28 heavy (non-hydrogen) atoms. The second-order valence-corrected chi connectivity index (χ2v) is 6.67. The van der Waals surface area contributed by atoms with Crippen molar-refractivity contribution in [3.05, 3.63) is 95.1 Å². The first-order valence-corrected chi connectivity index (χ1v) is 8.93. The fourth-order valence-corrected chi connectivity index (χ4v) is 2.88. The predicted octanol–water partition coefficient (Wildman–Crippen LogP) is 4.29. The highest BCUT2D eigenvalue weighted by Crippen LogP contribution is 2.18. The zero-order valence-corrected chi connectivity index (χ0v) is 15.8. The molecular formula is C23H22N2O3. The fraction of sp³-hybridized carbons (Fsp3) is 0.130. The van der Waals surface area contributed by atoms with Crippen molar-refractivity contribution in [3.63, 3.8) is 0 Å². The van der Waals surface area contributed by atoms with Gasteiger partial charge in [0.05, 0.1) is 5.56 Å². The molecule has 0 saturated heterocycles. The van der Waals surface area contributed by atoms with Gasteiger partial charge in [0.15, 0.2) is 5.78 Å². The summed E-state index contributed by atoms with van der Waals surface area (Å²) < 4.78 is 0. The Balaban J connectivity index is 1.68. The summed E-state index contributed by atoms with van der Waals surface area (Å²) in [5.41, 5.74) is 3.84. The summed E-state index contributed by atoms with van der Waals surface area (Å²) in [5, 5.41) is 12.6. The van der Waals surface area contributed by atoms with Crippen LogP contribution in [0.3, 0.4) is 0 Å². The van der Waals surface area contributed by atoms with Crippen molar-refractivity contribution >= 4 is 23.1 Å². The molecule has 0 aliphatic carbocycles. The Morgan fingerprint density at radius 2 is 1.46 bits per heavy atom. The largest absolute Gasteiger partial charge is 0.478 e. The summed E-state index contributed by atoms with van der Waals surface area (Å²) in [4.78, 5) is 26.0. The van der Waals surface area contributed by atoms with Gasteiger partial charge < -0.3 is 15.3 Å². The maximum Gasteiger partial charge on any atom is 0.336 e. The van der Waals surface area contributed by atoms with E-state index in [1.807, 2.05) is 26.2 Å². The van der Waals surface area contributed by atoms with Gasteiger partial charge in [-0.25, -0.2) is 4.79 Å². The molecule has 0 heterocycles. The number of carbonyl (C=O) groups excluding carboxylic acids is 1. The molecule has 0 unspecified atom stereocenters. The lowest BCUT2D eigenvalue weighted by Gasteiger charge is -2.13. The normalized spacial score (nSPS) is 10.4. The summed E-state index contributed by atoms with van der Waals surface area (Å²) in [6.07, 6.45) is 0. The van der Waals surface area contributed by atoms with Crippen LogP contribution in [-0.4, -0.2) is 31.0 Å². The highest BCUT2D eigenvalue weighted by atomic mass is 16.4. The van der Waals surface area contributed by atoms with Crippen LogP contribution in [0.4, 0.5) is 11.4 Å². The van der Waals surface area contributed by atoms with E-state index in [1.54, 1.807) is 24.3 Å². The first-order chi connectivity index (χ1) is 13.5. The molecule has 3 rings (SSSR count). The van der Waals surface area contributed by atoms with E-state index in [4.69, 9.17) is 0 Å². The number of ketones is 1. The minimum atomic E-state index is -1.11. The molecule has 0 aliphatic rings. The van der Waals surface area contributed by atoms with Crippen molar-refractivity contribution in [2.24, 2.45) is 0 Å². The van der Waals surface area contributed by atoms with E-state index in [2.05, 4.69) is 34.5 Å². The van der Waals surface area contributed by atoms with Crippen molar-refractivity contribution in [2.45, 2.75) is 6.54 Å². The van der Waals surface area contributed by atoms with Crippen LogP contribution in [-0.2, 0) is 6.54 Å². The highest BCUT2D eigenvalue weighted by molar-refractivity contribution is 6.14. The van der Waals surface area contributed by atoms with Crippen LogP contribution in [0.5, 0.6) is 0 Å². The maximum absolute atomic E-state index is 12.7. The van der Waals surface area contributed by atoms with Crippen molar-refractivity contribution in [1.82, 2.24) is 0 Å². The first-order valence-electron chi connectivity index (χ1n) is 8.93. The number of hydrogen-bond donors (Lipinski definition) is 2. The minimum Gasteiger partial charge on any atom is -0.478 e. The van der Waals surface area contributed by atoms with Gasteiger partial charge in [-0.3, -0.25) is 4.79 Å². The van der Waals surface area contributed by atoms with Crippen molar-refractivity contribution in [2.75, 3.05) is 24.3 Å². The number of rotatable bonds is 7. The van der Waals surface area contributed by atoms with E-state index in [0.29, 0.717) is 12.1 Å². The average Bonchev–Trinajstić information content (AvgIpc) is 2.72. The van der Waals surface area contributed by atoms with Crippen LogP contribution < -0.4 is 10.2 Å². The summed E-state index contributed by atoms with van der Waals surface area (Å²) >= 11 is 0.